The Balaban J connectivity index is 1.55. The van der Waals surface area contributed by atoms with Crippen molar-refractivity contribution < 1.29 is 4.79 Å². The van der Waals surface area contributed by atoms with E-state index in [-0.39, 0.29) is 11.5 Å². The van der Waals surface area contributed by atoms with Crippen LogP contribution in [0.2, 0.25) is 0 Å². The monoisotopic (exact) mass is 351 g/mol. The summed E-state index contributed by atoms with van der Waals surface area (Å²) in [5.41, 5.74) is 0.687. The van der Waals surface area contributed by atoms with Gasteiger partial charge in [0.2, 0.25) is 5.91 Å². The van der Waals surface area contributed by atoms with E-state index in [4.69, 9.17) is 0 Å². The smallest absolute Gasteiger partial charge is 0.258 e. The number of amides is 1. The Morgan fingerprint density at radius 1 is 1.39 bits per heavy atom. The Labute approximate surface area is 143 Å². The van der Waals surface area contributed by atoms with Crippen LogP contribution in [0.25, 0.3) is 4.96 Å². The summed E-state index contributed by atoms with van der Waals surface area (Å²) in [7, 11) is 0. The van der Waals surface area contributed by atoms with Crippen LogP contribution in [0.5, 0.6) is 0 Å². The van der Waals surface area contributed by atoms with Crippen molar-refractivity contribution >= 4 is 34.0 Å². The lowest BCUT2D eigenvalue weighted by Gasteiger charge is -2.35. The Hall–Kier alpha value is -1.34. The van der Waals surface area contributed by atoms with E-state index in [1.54, 1.807) is 16.7 Å². The molecule has 0 radical (unpaired) electrons. The molecule has 7 heteroatoms. The summed E-state index contributed by atoms with van der Waals surface area (Å²) in [4.78, 5) is 31.4. The Bertz CT molecular complexity index is 745. The molecule has 0 aliphatic carbocycles. The molecule has 23 heavy (non-hydrogen) atoms. The van der Waals surface area contributed by atoms with Crippen molar-refractivity contribution in [1.29, 1.82) is 0 Å². The lowest BCUT2D eigenvalue weighted by atomic mass is 9.92. The maximum atomic E-state index is 12.3. The molecule has 3 rings (SSSR count). The van der Waals surface area contributed by atoms with Crippen LogP contribution in [0.4, 0.5) is 0 Å². The molecular formula is C16H21N3O2S2. The third-order valence-electron chi connectivity index (χ3n) is 4.05. The molecule has 0 N–H and O–H groups in total. The van der Waals surface area contributed by atoms with Gasteiger partial charge in [-0.15, -0.1) is 23.1 Å². The summed E-state index contributed by atoms with van der Waals surface area (Å²) in [6.45, 7) is 6.14. The normalized spacial score (nSPS) is 21.7. The fourth-order valence-electron chi connectivity index (χ4n) is 3.16. The highest BCUT2D eigenvalue weighted by Gasteiger charge is 2.25. The molecule has 3 heterocycles. The minimum absolute atomic E-state index is 0.0585. The molecule has 2 aromatic rings. The van der Waals surface area contributed by atoms with Gasteiger partial charge in [0.05, 0.1) is 11.4 Å². The average Bonchev–Trinajstić information content (AvgIpc) is 2.95. The highest BCUT2D eigenvalue weighted by molar-refractivity contribution is 7.99. The van der Waals surface area contributed by atoms with Gasteiger partial charge >= 0.3 is 0 Å². The van der Waals surface area contributed by atoms with Crippen LogP contribution in [0.3, 0.4) is 0 Å². The van der Waals surface area contributed by atoms with Gasteiger partial charge in [0.1, 0.15) is 0 Å². The van der Waals surface area contributed by atoms with Crippen molar-refractivity contribution in [2.24, 2.45) is 11.8 Å². The van der Waals surface area contributed by atoms with Gasteiger partial charge in [-0.1, -0.05) is 13.8 Å². The van der Waals surface area contributed by atoms with Crippen LogP contribution in [0.1, 0.15) is 26.0 Å². The molecule has 0 bridgehead atoms. The molecule has 2 unspecified atom stereocenters. The quantitative estimate of drug-likeness (QED) is 0.849. The summed E-state index contributed by atoms with van der Waals surface area (Å²) in [6.07, 6.45) is 2.93. The topological polar surface area (TPSA) is 54.7 Å². The summed E-state index contributed by atoms with van der Waals surface area (Å²) in [6, 6.07) is 1.56. The maximum absolute atomic E-state index is 12.3. The zero-order valence-electron chi connectivity index (χ0n) is 13.4. The molecule has 1 fully saturated rings. The largest absolute Gasteiger partial charge is 0.341 e. The van der Waals surface area contributed by atoms with E-state index in [2.05, 4.69) is 18.8 Å². The van der Waals surface area contributed by atoms with E-state index in [0.717, 1.165) is 18.8 Å². The first-order valence-electron chi connectivity index (χ1n) is 7.84. The number of likely N-dealkylation sites (tertiary alicyclic amines) is 1. The Kier molecular flexibility index (Phi) is 5.06. The molecule has 1 aliphatic rings. The molecule has 0 aromatic carbocycles. The Morgan fingerprint density at radius 2 is 2.13 bits per heavy atom. The van der Waals surface area contributed by atoms with E-state index in [0.29, 0.717) is 28.3 Å². The van der Waals surface area contributed by atoms with Crippen LogP contribution in [0.15, 0.2) is 22.4 Å². The van der Waals surface area contributed by atoms with Crippen molar-refractivity contribution in [1.82, 2.24) is 14.3 Å². The van der Waals surface area contributed by atoms with Crippen molar-refractivity contribution in [3.05, 3.63) is 33.7 Å². The molecule has 2 aromatic heterocycles. The number of hydrogen-bond acceptors (Lipinski definition) is 5. The Morgan fingerprint density at radius 3 is 2.87 bits per heavy atom. The number of fused-ring (bicyclic) bond motifs is 1. The van der Waals surface area contributed by atoms with Crippen LogP contribution < -0.4 is 5.56 Å². The van der Waals surface area contributed by atoms with Crippen molar-refractivity contribution in [3.63, 3.8) is 0 Å². The lowest BCUT2D eigenvalue weighted by molar-refractivity contribution is -0.130. The van der Waals surface area contributed by atoms with Gasteiger partial charge in [0.25, 0.3) is 5.56 Å². The summed E-state index contributed by atoms with van der Waals surface area (Å²) in [5.74, 6) is 2.40. The summed E-state index contributed by atoms with van der Waals surface area (Å²) in [5, 5.41) is 1.85. The number of thiazole rings is 1. The third-order valence-corrected chi connectivity index (χ3v) is 5.76. The second-order valence-electron chi connectivity index (χ2n) is 6.38. The predicted octanol–water partition coefficient (Wildman–Crippen LogP) is 2.49. The minimum atomic E-state index is -0.0585. The van der Waals surface area contributed by atoms with Gasteiger partial charge in [-0.05, 0) is 18.3 Å². The molecule has 1 amide bonds. The summed E-state index contributed by atoms with van der Waals surface area (Å²) < 4.78 is 1.54. The van der Waals surface area contributed by atoms with Gasteiger partial charge in [-0.2, -0.15) is 0 Å². The first-order valence-corrected chi connectivity index (χ1v) is 9.87. The van der Waals surface area contributed by atoms with Crippen LogP contribution in [-0.4, -0.2) is 39.0 Å². The van der Waals surface area contributed by atoms with Crippen LogP contribution >= 0.6 is 23.1 Å². The average molecular weight is 351 g/mol. The molecule has 0 saturated carbocycles. The third kappa shape index (κ3) is 3.95. The predicted molar refractivity (Wildman–Crippen MR) is 95.0 cm³/mol. The van der Waals surface area contributed by atoms with E-state index >= 15 is 0 Å². The van der Waals surface area contributed by atoms with E-state index in [9.17, 15) is 9.59 Å². The SMILES string of the molecule is CC1CC(C)CN(C(=O)CSCc2cc(=O)n3ccsc3n2)C1. The van der Waals surface area contributed by atoms with Crippen molar-refractivity contribution in [3.8, 4) is 0 Å². The van der Waals surface area contributed by atoms with E-state index in [1.807, 2.05) is 10.3 Å². The second kappa shape index (κ2) is 7.05. The molecule has 1 saturated heterocycles. The van der Waals surface area contributed by atoms with Crippen LogP contribution in [0, 0.1) is 11.8 Å². The second-order valence-corrected chi connectivity index (χ2v) is 8.24. The maximum Gasteiger partial charge on any atom is 0.258 e. The zero-order chi connectivity index (χ0) is 16.4. The fraction of sp³-hybridized carbons (Fsp3) is 0.562. The van der Waals surface area contributed by atoms with Gasteiger partial charge in [0.15, 0.2) is 4.96 Å². The highest BCUT2D eigenvalue weighted by atomic mass is 32.2. The molecule has 124 valence electrons. The minimum Gasteiger partial charge on any atom is -0.341 e. The lowest BCUT2D eigenvalue weighted by Crippen LogP contribution is -2.43. The first-order chi connectivity index (χ1) is 11.0. The van der Waals surface area contributed by atoms with Gasteiger partial charge in [-0.25, -0.2) is 4.98 Å². The molecule has 1 aliphatic heterocycles. The van der Waals surface area contributed by atoms with Crippen molar-refractivity contribution in [2.75, 3.05) is 18.8 Å². The van der Waals surface area contributed by atoms with Crippen LogP contribution in [-0.2, 0) is 10.5 Å². The van der Waals surface area contributed by atoms with Gasteiger partial charge in [-0.3, -0.25) is 14.0 Å². The number of piperidine rings is 1. The van der Waals surface area contributed by atoms with E-state index in [1.165, 1.54) is 29.5 Å². The zero-order valence-corrected chi connectivity index (χ0v) is 15.0. The number of aromatic nitrogens is 2. The molecule has 2 atom stereocenters. The van der Waals surface area contributed by atoms with Gasteiger partial charge < -0.3 is 4.90 Å². The molecular weight excluding hydrogens is 330 g/mol. The number of rotatable bonds is 4. The number of carbonyl (C=O) groups is 1. The number of nitrogens with zero attached hydrogens (tertiary/aromatic N) is 3. The standard InChI is InChI=1S/C16H21N3O2S2/c1-11-5-12(2)8-18(7-11)15(21)10-22-9-13-6-14(20)19-3-4-23-16(19)17-13/h3-4,6,11-12H,5,7-10H2,1-2H3. The van der Waals surface area contributed by atoms with Gasteiger partial charge in [0, 0.05) is 36.5 Å². The summed E-state index contributed by atoms with van der Waals surface area (Å²) >= 11 is 2.98. The molecule has 5 nitrogen and oxygen atoms in total. The number of hydrogen-bond donors (Lipinski definition) is 0. The fourth-order valence-corrected chi connectivity index (χ4v) is 4.72. The number of thioether (sulfide) groups is 1. The van der Waals surface area contributed by atoms with E-state index < -0.39 is 0 Å². The number of carbonyl (C=O) groups excluding carboxylic acids is 1. The first kappa shape index (κ1) is 16.5. The van der Waals surface area contributed by atoms with Crippen molar-refractivity contribution in [2.45, 2.75) is 26.0 Å². The molecule has 0 spiro atoms. The highest BCUT2D eigenvalue weighted by Crippen LogP contribution is 2.22.